The summed E-state index contributed by atoms with van der Waals surface area (Å²) in [6.45, 7) is 2.35. The standard InChI is InChI=1S/C16H17FN4OS/c17-12-6-19-15(20-7-12)21-10-16(11-21)5-14(9-23-16)22-8-13-3-1-2-4-18-13/h1-4,6-7,14H,5,8-11H2/t14-/m1/s1. The Morgan fingerprint density at radius 3 is 2.83 bits per heavy atom. The van der Waals surface area contributed by atoms with E-state index in [1.54, 1.807) is 6.20 Å². The van der Waals surface area contributed by atoms with Crippen LogP contribution in [0.4, 0.5) is 10.3 Å². The van der Waals surface area contributed by atoms with Gasteiger partial charge >= 0.3 is 0 Å². The van der Waals surface area contributed by atoms with E-state index in [4.69, 9.17) is 4.74 Å². The first-order valence-corrected chi connectivity index (χ1v) is 8.59. The van der Waals surface area contributed by atoms with E-state index < -0.39 is 5.82 Å². The second-order valence-corrected chi connectivity index (χ2v) is 7.50. The highest BCUT2D eigenvalue weighted by Crippen LogP contribution is 2.46. The SMILES string of the molecule is Fc1cnc(N2CC3(C[C@@H](OCc4ccccn4)CS3)C2)nc1. The molecule has 1 spiro atoms. The highest BCUT2D eigenvalue weighted by molar-refractivity contribution is 8.01. The first-order chi connectivity index (χ1) is 11.2. The fourth-order valence-corrected chi connectivity index (χ4v) is 4.63. The van der Waals surface area contributed by atoms with Gasteiger partial charge in [0, 0.05) is 25.0 Å². The molecule has 2 aromatic rings. The minimum atomic E-state index is -0.401. The summed E-state index contributed by atoms with van der Waals surface area (Å²) < 4.78 is 19.1. The average molecular weight is 332 g/mol. The van der Waals surface area contributed by atoms with E-state index in [-0.39, 0.29) is 10.9 Å². The molecule has 120 valence electrons. The predicted octanol–water partition coefficient (Wildman–Crippen LogP) is 2.29. The molecule has 23 heavy (non-hydrogen) atoms. The lowest BCUT2D eigenvalue weighted by Gasteiger charge is -2.47. The zero-order valence-corrected chi connectivity index (χ0v) is 13.4. The van der Waals surface area contributed by atoms with Gasteiger partial charge in [-0.2, -0.15) is 0 Å². The maximum Gasteiger partial charge on any atom is 0.225 e. The van der Waals surface area contributed by atoms with Crippen molar-refractivity contribution >= 4 is 17.7 Å². The minimum absolute atomic E-state index is 0.229. The summed E-state index contributed by atoms with van der Waals surface area (Å²) in [6.07, 6.45) is 5.51. The van der Waals surface area contributed by atoms with Gasteiger partial charge in [0.25, 0.3) is 0 Å². The van der Waals surface area contributed by atoms with Crippen molar-refractivity contribution in [2.75, 3.05) is 23.7 Å². The Morgan fingerprint density at radius 2 is 2.09 bits per heavy atom. The summed E-state index contributed by atoms with van der Waals surface area (Å²) >= 11 is 1.96. The lowest BCUT2D eigenvalue weighted by atomic mass is 9.93. The first kappa shape index (κ1) is 14.8. The number of anilines is 1. The van der Waals surface area contributed by atoms with Crippen LogP contribution in [-0.4, -0.2) is 44.6 Å². The van der Waals surface area contributed by atoms with Crippen LogP contribution >= 0.6 is 11.8 Å². The molecule has 2 saturated heterocycles. The van der Waals surface area contributed by atoms with Crippen LogP contribution < -0.4 is 4.90 Å². The summed E-state index contributed by atoms with van der Waals surface area (Å²) in [5.41, 5.74) is 0.966. The third-order valence-corrected chi connectivity index (χ3v) is 5.79. The first-order valence-electron chi connectivity index (χ1n) is 7.60. The smallest absolute Gasteiger partial charge is 0.225 e. The third kappa shape index (κ3) is 3.16. The molecule has 2 aromatic heterocycles. The van der Waals surface area contributed by atoms with Gasteiger partial charge in [-0.1, -0.05) is 6.07 Å². The van der Waals surface area contributed by atoms with Gasteiger partial charge in [-0.25, -0.2) is 14.4 Å². The molecular weight excluding hydrogens is 315 g/mol. The van der Waals surface area contributed by atoms with Crippen LogP contribution in [0, 0.1) is 5.82 Å². The molecule has 4 rings (SSSR count). The van der Waals surface area contributed by atoms with E-state index in [2.05, 4.69) is 19.9 Å². The Hall–Kier alpha value is -1.73. The second-order valence-electron chi connectivity index (χ2n) is 6.01. The summed E-state index contributed by atoms with van der Waals surface area (Å²) in [6, 6.07) is 5.86. The van der Waals surface area contributed by atoms with Crippen LogP contribution in [-0.2, 0) is 11.3 Å². The van der Waals surface area contributed by atoms with E-state index >= 15 is 0 Å². The normalized spacial score (nSPS) is 22.3. The maximum absolute atomic E-state index is 12.9. The van der Waals surface area contributed by atoms with Crippen molar-refractivity contribution < 1.29 is 9.13 Å². The van der Waals surface area contributed by atoms with Crippen LogP contribution in [0.15, 0.2) is 36.8 Å². The molecule has 0 saturated carbocycles. The Bertz CT molecular complexity index is 664. The molecule has 0 aliphatic carbocycles. The Balaban J connectivity index is 1.29. The maximum atomic E-state index is 12.9. The second kappa shape index (κ2) is 6.05. The van der Waals surface area contributed by atoms with Crippen molar-refractivity contribution in [3.8, 4) is 0 Å². The lowest BCUT2D eigenvalue weighted by molar-refractivity contribution is 0.0458. The zero-order valence-electron chi connectivity index (χ0n) is 12.6. The van der Waals surface area contributed by atoms with E-state index in [0.29, 0.717) is 12.6 Å². The number of hydrogen-bond acceptors (Lipinski definition) is 6. The predicted molar refractivity (Wildman–Crippen MR) is 86.8 cm³/mol. The average Bonchev–Trinajstić information content (AvgIpc) is 2.98. The van der Waals surface area contributed by atoms with Crippen molar-refractivity contribution in [1.29, 1.82) is 0 Å². The number of halogens is 1. The molecule has 0 radical (unpaired) electrons. The monoisotopic (exact) mass is 332 g/mol. The van der Waals surface area contributed by atoms with Crippen molar-refractivity contribution in [3.63, 3.8) is 0 Å². The van der Waals surface area contributed by atoms with Gasteiger partial charge in [-0.3, -0.25) is 4.98 Å². The number of nitrogens with zero attached hydrogens (tertiary/aromatic N) is 4. The lowest BCUT2D eigenvalue weighted by Crippen LogP contribution is -2.59. The summed E-state index contributed by atoms with van der Waals surface area (Å²) in [4.78, 5) is 14.5. The number of hydrogen-bond donors (Lipinski definition) is 0. The van der Waals surface area contributed by atoms with Crippen LogP contribution in [0.5, 0.6) is 0 Å². The van der Waals surface area contributed by atoms with E-state index in [1.807, 2.05) is 30.0 Å². The number of rotatable bonds is 4. The fourth-order valence-electron chi connectivity index (χ4n) is 3.08. The van der Waals surface area contributed by atoms with Crippen LogP contribution in [0.25, 0.3) is 0 Å². The largest absolute Gasteiger partial charge is 0.371 e. The molecule has 1 atom stereocenters. The molecule has 0 N–H and O–H groups in total. The van der Waals surface area contributed by atoms with Crippen LogP contribution in [0.2, 0.25) is 0 Å². The Kier molecular flexibility index (Phi) is 3.90. The van der Waals surface area contributed by atoms with E-state index in [0.717, 1.165) is 31.0 Å². The summed E-state index contributed by atoms with van der Waals surface area (Å²) in [5, 5.41) is 0. The number of thioether (sulfide) groups is 1. The van der Waals surface area contributed by atoms with Gasteiger partial charge in [0.1, 0.15) is 0 Å². The molecule has 4 heterocycles. The minimum Gasteiger partial charge on any atom is -0.371 e. The van der Waals surface area contributed by atoms with Gasteiger partial charge in [-0.15, -0.1) is 11.8 Å². The highest BCUT2D eigenvalue weighted by Gasteiger charge is 2.50. The fraction of sp³-hybridized carbons (Fsp3) is 0.438. The van der Waals surface area contributed by atoms with E-state index in [1.165, 1.54) is 12.4 Å². The molecule has 2 fully saturated rings. The van der Waals surface area contributed by atoms with Crippen molar-refractivity contribution in [2.24, 2.45) is 0 Å². The topological polar surface area (TPSA) is 51.1 Å². The molecule has 2 aliphatic heterocycles. The van der Waals surface area contributed by atoms with Crippen molar-refractivity contribution in [1.82, 2.24) is 15.0 Å². The Labute approximate surface area is 138 Å². The van der Waals surface area contributed by atoms with Crippen molar-refractivity contribution in [2.45, 2.75) is 23.9 Å². The molecule has 5 nitrogen and oxygen atoms in total. The zero-order chi connectivity index (χ0) is 15.7. The molecule has 0 aromatic carbocycles. The molecule has 2 aliphatic rings. The number of ether oxygens (including phenoxy) is 1. The molecular formula is C16H17FN4OS. The quantitative estimate of drug-likeness (QED) is 0.856. The van der Waals surface area contributed by atoms with Crippen LogP contribution in [0.1, 0.15) is 12.1 Å². The molecule has 0 amide bonds. The molecule has 0 bridgehead atoms. The number of pyridine rings is 1. The van der Waals surface area contributed by atoms with Crippen LogP contribution in [0.3, 0.4) is 0 Å². The van der Waals surface area contributed by atoms with E-state index in [9.17, 15) is 4.39 Å². The van der Waals surface area contributed by atoms with Gasteiger partial charge in [0.05, 0.1) is 35.5 Å². The van der Waals surface area contributed by atoms with Gasteiger partial charge in [-0.05, 0) is 18.6 Å². The summed E-state index contributed by atoms with van der Waals surface area (Å²) in [7, 11) is 0. The molecule has 7 heteroatoms. The highest BCUT2D eigenvalue weighted by atomic mass is 32.2. The number of aromatic nitrogens is 3. The molecule has 0 unspecified atom stereocenters. The van der Waals surface area contributed by atoms with Gasteiger partial charge < -0.3 is 9.64 Å². The Morgan fingerprint density at radius 1 is 1.26 bits per heavy atom. The van der Waals surface area contributed by atoms with Gasteiger partial charge in [0.2, 0.25) is 5.95 Å². The van der Waals surface area contributed by atoms with Crippen molar-refractivity contribution in [3.05, 3.63) is 48.3 Å². The summed E-state index contributed by atoms with van der Waals surface area (Å²) in [5.74, 6) is 1.21. The van der Waals surface area contributed by atoms with Gasteiger partial charge in [0.15, 0.2) is 5.82 Å². The third-order valence-electron chi connectivity index (χ3n) is 4.22.